The average molecular weight is 205 g/mol. The van der Waals surface area contributed by atoms with Crippen molar-refractivity contribution in [3.8, 4) is 0 Å². The first-order chi connectivity index (χ1) is 7.24. The highest BCUT2D eigenvalue weighted by atomic mass is 15.1. The fourth-order valence-electron chi connectivity index (χ4n) is 2.01. The van der Waals surface area contributed by atoms with Crippen LogP contribution in [0, 0.1) is 12.8 Å². The fraction of sp³-hybridized carbons (Fsp3) is 0.583. The second-order valence-electron chi connectivity index (χ2n) is 4.52. The summed E-state index contributed by atoms with van der Waals surface area (Å²) < 4.78 is 0. The third kappa shape index (κ3) is 2.93. The highest BCUT2D eigenvalue weighted by molar-refractivity contribution is 5.35. The lowest BCUT2D eigenvalue weighted by molar-refractivity contribution is 0.399. The lowest BCUT2D eigenvalue weighted by atomic mass is 10.1. The normalized spacial score (nSPS) is 21.9. The average Bonchev–Trinajstić information content (AvgIpc) is 2.64. The van der Waals surface area contributed by atoms with E-state index in [1.165, 1.54) is 25.1 Å². The van der Waals surface area contributed by atoms with E-state index < -0.39 is 0 Å². The van der Waals surface area contributed by atoms with Gasteiger partial charge < -0.3 is 10.2 Å². The largest absolute Gasteiger partial charge is 0.370 e. The number of rotatable bonds is 3. The molecule has 0 spiro atoms. The summed E-state index contributed by atoms with van der Waals surface area (Å²) in [6.07, 6.45) is 3.21. The molecule has 1 saturated heterocycles. The van der Waals surface area contributed by atoms with Crippen LogP contribution in [0.3, 0.4) is 0 Å². The van der Waals surface area contributed by atoms with Crippen molar-refractivity contribution >= 4 is 5.82 Å². The zero-order valence-electron chi connectivity index (χ0n) is 9.53. The Morgan fingerprint density at radius 3 is 3.00 bits per heavy atom. The van der Waals surface area contributed by atoms with Crippen LogP contribution < -0.4 is 5.32 Å². The van der Waals surface area contributed by atoms with Crippen LogP contribution in [0.25, 0.3) is 0 Å². The molecule has 15 heavy (non-hydrogen) atoms. The smallest absolute Gasteiger partial charge is 0.125 e. The zero-order chi connectivity index (χ0) is 10.7. The Balaban J connectivity index is 1.80. The van der Waals surface area contributed by atoms with E-state index in [1.807, 2.05) is 12.3 Å². The number of aryl methyl sites for hydroxylation is 1. The molecule has 1 atom stereocenters. The van der Waals surface area contributed by atoms with Gasteiger partial charge in [0.2, 0.25) is 0 Å². The molecule has 1 aliphatic rings. The molecular formula is C12H19N3. The molecule has 1 aliphatic heterocycles. The van der Waals surface area contributed by atoms with Gasteiger partial charge in [-0.3, -0.25) is 0 Å². The molecule has 2 rings (SSSR count). The Kier molecular flexibility index (Phi) is 3.21. The summed E-state index contributed by atoms with van der Waals surface area (Å²) in [5.41, 5.74) is 1.21. The zero-order valence-corrected chi connectivity index (χ0v) is 9.53. The Morgan fingerprint density at radius 2 is 2.40 bits per heavy atom. The number of aromatic nitrogens is 1. The Morgan fingerprint density at radius 1 is 1.53 bits per heavy atom. The van der Waals surface area contributed by atoms with Gasteiger partial charge in [0.05, 0.1) is 0 Å². The third-order valence-corrected chi connectivity index (χ3v) is 2.97. The molecule has 82 valence electrons. The SMILES string of the molecule is Cc1ccc(NCC2CCN(C)C2)nc1. The number of nitrogens with zero attached hydrogens (tertiary/aromatic N) is 2. The van der Waals surface area contributed by atoms with E-state index >= 15 is 0 Å². The predicted molar refractivity (Wildman–Crippen MR) is 63.1 cm³/mol. The molecule has 3 heteroatoms. The molecular weight excluding hydrogens is 186 g/mol. The van der Waals surface area contributed by atoms with Crippen LogP contribution in [0.1, 0.15) is 12.0 Å². The minimum Gasteiger partial charge on any atom is -0.370 e. The molecule has 1 N–H and O–H groups in total. The van der Waals surface area contributed by atoms with Crippen LogP contribution >= 0.6 is 0 Å². The van der Waals surface area contributed by atoms with Crippen molar-refractivity contribution in [2.24, 2.45) is 5.92 Å². The van der Waals surface area contributed by atoms with Crippen molar-refractivity contribution in [2.75, 3.05) is 32.0 Å². The summed E-state index contributed by atoms with van der Waals surface area (Å²) in [5, 5.41) is 3.40. The number of nitrogens with one attached hydrogen (secondary N) is 1. The molecule has 0 aliphatic carbocycles. The van der Waals surface area contributed by atoms with Crippen LogP contribution in [-0.4, -0.2) is 36.6 Å². The van der Waals surface area contributed by atoms with Gasteiger partial charge in [-0.2, -0.15) is 0 Å². The molecule has 1 aromatic rings. The Labute approximate surface area is 91.5 Å². The van der Waals surface area contributed by atoms with Crippen molar-refractivity contribution in [2.45, 2.75) is 13.3 Å². The fourth-order valence-corrected chi connectivity index (χ4v) is 2.01. The Bertz CT molecular complexity index is 307. The lowest BCUT2D eigenvalue weighted by Gasteiger charge is -2.12. The minimum absolute atomic E-state index is 0.776. The first-order valence-corrected chi connectivity index (χ1v) is 5.59. The highest BCUT2D eigenvalue weighted by Crippen LogP contribution is 2.14. The molecule has 3 nitrogen and oxygen atoms in total. The molecule has 1 fully saturated rings. The number of anilines is 1. The Hall–Kier alpha value is -1.09. The quantitative estimate of drug-likeness (QED) is 0.815. The molecule has 2 heterocycles. The number of hydrogen-bond donors (Lipinski definition) is 1. The van der Waals surface area contributed by atoms with E-state index in [4.69, 9.17) is 0 Å². The van der Waals surface area contributed by atoms with Gasteiger partial charge in [0.15, 0.2) is 0 Å². The van der Waals surface area contributed by atoms with E-state index in [2.05, 4.69) is 35.2 Å². The summed E-state index contributed by atoms with van der Waals surface area (Å²) in [5.74, 6) is 1.77. The second-order valence-corrected chi connectivity index (χ2v) is 4.52. The molecule has 1 aromatic heterocycles. The summed E-state index contributed by atoms with van der Waals surface area (Å²) in [7, 11) is 2.18. The summed E-state index contributed by atoms with van der Waals surface area (Å²) >= 11 is 0. The van der Waals surface area contributed by atoms with Crippen LogP contribution in [-0.2, 0) is 0 Å². The van der Waals surface area contributed by atoms with Gasteiger partial charge in [0.1, 0.15) is 5.82 Å². The van der Waals surface area contributed by atoms with Gasteiger partial charge in [-0.25, -0.2) is 4.98 Å². The van der Waals surface area contributed by atoms with Gasteiger partial charge in [0, 0.05) is 19.3 Å². The van der Waals surface area contributed by atoms with Crippen molar-refractivity contribution in [1.29, 1.82) is 0 Å². The molecule has 0 aromatic carbocycles. The van der Waals surface area contributed by atoms with Crippen LogP contribution in [0.2, 0.25) is 0 Å². The predicted octanol–water partition coefficient (Wildman–Crippen LogP) is 1.75. The van der Waals surface area contributed by atoms with Crippen LogP contribution in [0.4, 0.5) is 5.82 Å². The summed E-state index contributed by atoms with van der Waals surface area (Å²) in [6, 6.07) is 4.14. The number of hydrogen-bond acceptors (Lipinski definition) is 3. The first kappa shape index (κ1) is 10.4. The first-order valence-electron chi connectivity index (χ1n) is 5.59. The molecule has 1 unspecified atom stereocenters. The minimum atomic E-state index is 0.776. The van der Waals surface area contributed by atoms with Crippen LogP contribution in [0.15, 0.2) is 18.3 Å². The van der Waals surface area contributed by atoms with Gasteiger partial charge in [-0.15, -0.1) is 0 Å². The number of pyridine rings is 1. The van der Waals surface area contributed by atoms with E-state index in [0.29, 0.717) is 0 Å². The molecule has 0 saturated carbocycles. The van der Waals surface area contributed by atoms with Gasteiger partial charge in [0.25, 0.3) is 0 Å². The van der Waals surface area contributed by atoms with Gasteiger partial charge in [-0.05, 0) is 44.5 Å². The maximum Gasteiger partial charge on any atom is 0.125 e. The summed E-state index contributed by atoms with van der Waals surface area (Å²) in [6.45, 7) is 5.54. The van der Waals surface area contributed by atoms with E-state index in [-0.39, 0.29) is 0 Å². The van der Waals surface area contributed by atoms with E-state index in [1.54, 1.807) is 0 Å². The molecule has 0 bridgehead atoms. The van der Waals surface area contributed by atoms with Crippen molar-refractivity contribution in [1.82, 2.24) is 9.88 Å². The van der Waals surface area contributed by atoms with Crippen molar-refractivity contribution in [3.05, 3.63) is 23.9 Å². The maximum atomic E-state index is 4.33. The molecule has 0 radical (unpaired) electrons. The maximum absolute atomic E-state index is 4.33. The highest BCUT2D eigenvalue weighted by Gasteiger charge is 2.18. The van der Waals surface area contributed by atoms with Gasteiger partial charge in [-0.1, -0.05) is 6.07 Å². The molecule has 0 amide bonds. The van der Waals surface area contributed by atoms with E-state index in [9.17, 15) is 0 Å². The monoisotopic (exact) mass is 205 g/mol. The van der Waals surface area contributed by atoms with Gasteiger partial charge >= 0.3 is 0 Å². The number of likely N-dealkylation sites (tertiary alicyclic amines) is 1. The summed E-state index contributed by atoms with van der Waals surface area (Å²) in [4.78, 5) is 6.72. The van der Waals surface area contributed by atoms with E-state index in [0.717, 1.165) is 18.3 Å². The lowest BCUT2D eigenvalue weighted by Crippen LogP contribution is -2.19. The third-order valence-electron chi connectivity index (χ3n) is 2.97. The van der Waals surface area contributed by atoms with Crippen LogP contribution in [0.5, 0.6) is 0 Å². The standard InChI is InChI=1S/C12H19N3/c1-10-3-4-12(13-7-10)14-8-11-5-6-15(2)9-11/h3-4,7,11H,5-6,8-9H2,1-2H3,(H,13,14). The van der Waals surface area contributed by atoms with Crippen molar-refractivity contribution < 1.29 is 0 Å². The topological polar surface area (TPSA) is 28.2 Å². The van der Waals surface area contributed by atoms with Crippen molar-refractivity contribution in [3.63, 3.8) is 0 Å². The second kappa shape index (κ2) is 4.62.